The summed E-state index contributed by atoms with van der Waals surface area (Å²) in [7, 11) is 0. The van der Waals surface area contributed by atoms with Gasteiger partial charge in [-0.15, -0.1) is 0 Å². The van der Waals surface area contributed by atoms with Gasteiger partial charge in [0.2, 0.25) is 5.91 Å². The second-order valence-electron chi connectivity index (χ2n) is 6.81. The monoisotopic (exact) mass is 288 g/mol. The number of nitrogens with zero attached hydrogens (tertiary/aromatic N) is 2. The van der Waals surface area contributed by atoms with Crippen LogP contribution in [0.1, 0.15) is 31.2 Å². The fourth-order valence-corrected chi connectivity index (χ4v) is 3.74. The highest BCUT2D eigenvalue weighted by atomic mass is 19.1. The van der Waals surface area contributed by atoms with E-state index in [4.69, 9.17) is 0 Å². The zero-order valence-corrected chi connectivity index (χ0v) is 12.2. The number of rotatable bonds is 3. The van der Waals surface area contributed by atoms with Crippen LogP contribution in [0.5, 0.6) is 0 Å². The van der Waals surface area contributed by atoms with Crippen LogP contribution in [0.25, 0.3) is 0 Å². The van der Waals surface area contributed by atoms with E-state index in [9.17, 15) is 9.18 Å². The highest BCUT2D eigenvalue weighted by Crippen LogP contribution is 2.42. The second kappa shape index (κ2) is 4.80. The zero-order valence-electron chi connectivity index (χ0n) is 12.2. The lowest BCUT2D eigenvalue weighted by Crippen LogP contribution is -2.60. The maximum Gasteiger partial charge on any atom is 0.225 e. The number of hydrogen-bond acceptors (Lipinski definition) is 2. The minimum absolute atomic E-state index is 0.181. The fourth-order valence-electron chi connectivity index (χ4n) is 3.74. The molecule has 112 valence electrons. The molecule has 3 nitrogen and oxygen atoms in total. The van der Waals surface area contributed by atoms with Crippen LogP contribution in [-0.2, 0) is 11.3 Å². The molecule has 0 bridgehead atoms. The molecule has 21 heavy (non-hydrogen) atoms. The Morgan fingerprint density at radius 3 is 2.52 bits per heavy atom. The molecule has 1 saturated carbocycles. The molecule has 3 aliphatic rings. The van der Waals surface area contributed by atoms with Crippen molar-refractivity contribution in [2.24, 2.45) is 5.92 Å². The van der Waals surface area contributed by atoms with Gasteiger partial charge in [0.05, 0.1) is 0 Å². The summed E-state index contributed by atoms with van der Waals surface area (Å²) >= 11 is 0. The Hall–Kier alpha value is -1.42. The lowest BCUT2D eigenvalue weighted by Gasteiger charge is -2.50. The third-order valence-electron chi connectivity index (χ3n) is 5.38. The molecule has 2 heterocycles. The Balaban J connectivity index is 1.41. The SMILES string of the molecule is O=C(C1CC1)N1CC[C@@]2(CCN2Cc2ccc(F)cc2)C1. The van der Waals surface area contributed by atoms with Gasteiger partial charge in [0.15, 0.2) is 0 Å². The van der Waals surface area contributed by atoms with Crippen molar-refractivity contribution in [1.82, 2.24) is 9.80 Å². The number of likely N-dealkylation sites (tertiary alicyclic amines) is 2. The van der Waals surface area contributed by atoms with Gasteiger partial charge in [0, 0.05) is 37.6 Å². The van der Waals surface area contributed by atoms with Crippen LogP contribution in [-0.4, -0.2) is 40.9 Å². The van der Waals surface area contributed by atoms with Crippen LogP contribution < -0.4 is 0 Å². The predicted molar refractivity (Wildman–Crippen MR) is 78.1 cm³/mol. The Bertz CT molecular complexity index is 554. The average Bonchev–Trinajstić information content (AvgIpc) is 3.22. The molecule has 0 radical (unpaired) electrons. The standard InChI is InChI=1S/C17H21FN2O/c18-15-5-1-13(2-6-15)11-20-10-8-17(20)7-9-19(12-17)16(21)14-3-4-14/h1-2,5-6,14H,3-4,7-12H2/t17-/m1/s1. The maximum absolute atomic E-state index is 13.0. The van der Waals surface area contributed by atoms with Gasteiger partial charge in [-0.1, -0.05) is 12.1 Å². The number of amides is 1. The quantitative estimate of drug-likeness (QED) is 0.853. The molecular formula is C17H21FN2O. The minimum atomic E-state index is -0.181. The van der Waals surface area contributed by atoms with Crippen molar-refractivity contribution < 1.29 is 9.18 Å². The van der Waals surface area contributed by atoms with Gasteiger partial charge in [-0.3, -0.25) is 9.69 Å². The van der Waals surface area contributed by atoms with Crippen LogP contribution in [0.3, 0.4) is 0 Å². The van der Waals surface area contributed by atoms with E-state index in [0.717, 1.165) is 51.0 Å². The van der Waals surface area contributed by atoms with E-state index in [0.29, 0.717) is 11.8 Å². The summed E-state index contributed by atoms with van der Waals surface area (Å²) < 4.78 is 13.0. The van der Waals surface area contributed by atoms with Gasteiger partial charge >= 0.3 is 0 Å². The maximum atomic E-state index is 13.0. The summed E-state index contributed by atoms with van der Waals surface area (Å²) in [5, 5.41) is 0. The van der Waals surface area contributed by atoms with Crippen molar-refractivity contribution in [3.05, 3.63) is 35.6 Å². The average molecular weight is 288 g/mol. The normalized spacial score (nSPS) is 28.9. The third kappa shape index (κ3) is 2.35. The molecule has 1 spiro atoms. The van der Waals surface area contributed by atoms with Gasteiger partial charge in [0.25, 0.3) is 0 Å². The summed E-state index contributed by atoms with van der Waals surface area (Å²) in [4.78, 5) is 16.8. The number of carbonyl (C=O) groups is 1. The van der Waals surface area contributed by atoms with E-state index in [1.54, 1.807) is 0 Å². The molecule has 1 aliphatic carbocycles. The van der Waals surface area contributed by atoms with E-state index in [1.165, 1.54) is 18.6 Å². The zero-order chi connectivity index (χ0) is 14.4. The Labute approximate surface area is 124 Å². The van der Waals surface area contributed by atoms with Crippen molar-refractivity contribution in [1.29, 1.82) is 0 Å². The molecular weight excluding hydrogens is 267 g/mol. The van der Waals surface area contributed by atoms with Gasteiger partial charge in [-0.25, -0.2) is 4.39 Å². The van der Waals surface area contributed by atoms with Crippen molar-refractivity contribution in [2.45, 2.75) is 37.8 Å². The number of carbonyl (C=O) groups excluding carboxylic acids is 1. The number of halogens is 1. The minimum Gasteiger partial charge on any atom is -0.341 e. The Kier molecular flexibility index (Phi) is 3.03. The van der Waals surface area contributed by atoms with Crippen LogP contribution in [0.4, 0.5) is 4.39 Å². The number of hydrogen-bond donors (Lipinski definition) is 0. The van der Waals surface area contributed by atoms with Crippen LogP contribution in [0.2, 0.25) is 0 Å². The first-order valence-corrected chi connectivity index (χ1v) is 7.95. The molecule has 1 amide bonds. The summed E-state index contributed by atoms with van der Waals surface area (Å²) in [6, 6.07) is 6.78. The van der Waals surface area contributed by atoms with Crippen molar-refractivity contribution in [3.63, 3.8) is 0 Å². The first-order chi connectivity index (χ1) is 10.2. The molecule has 1 aromatic rings. The first kappa shape index (κ1) is 13.3. The predicted octanol–water partition coefficient (Wildman–Crippen LogP) is 2.41. The van der Waals surface area contributed by atoms with Crippen LogP contribution in [0, 0.1) is 11.7 Å². The van der Waals surface area contributed by atoms with E-state index < -0.39 is 0 Å². The van der Waals surface area contributed by atoms with Gasteiger partial charge in [-0.2, -0.15) is 0 Å². The van der Waals surface area contributed by atoms with E-state index in [2.05, 4.69) is 9.80 Å². The second-order valence-corrected chi connectivity index (χ2v) is 6.81. The molecule has 1 atom stereocenters. The lowest BCUT2D eigenvalue weighted by atomic mass is 9.83. The van der Waals surface area contributed by atoms with E-state index in [-0.39, 0.29) is 11.4 Å². The van der Waals surface area contributed by atoms with Gasteiger partial charge < -0.3 is 4.90 Å². The Morgan fingerprint density at radius 2 is 1.90 bits per heavy atom. The molecule has 4 heteroatoms. The van der Waals surface area contributed by atoms with Crippen LogP contribution >= 0.6 is 0 Å². The first-order valence-electron chi connectivity index (χ1n) is 7.95. The van der Waals surface area contributed by atoms with E-state index in [1.807, 2.05) is 12.1 Å². The van der Waals surface area contributed by atoms with Crippen molar-refractivity contribution in [2.75, 3.05) is 19.6 Å². The van der Waals surface area contributed by atoms with E-state index >= 15 is 0 Å². The highest BCUT2D eigenvalue weighted by molar-refractivity contribution is 5.81. The van der Waals surface area contributed by atoms with Crippen molar-refractivity contribution in [3.8, 4) is 0 Å². The lowest BCUT2D eigenvalue weighted by molar-refractivity contribution is -0.132. The topological polar surface area (TPSA) is 23.6 Å². The largest absolute Gasteiger partial charge is 0.341 e. The number of benzene rings is 1. The summed E-state index contributed by atoms with van der Waals surface area (Å²) in [5.41, 5.74) is 1.35. The molecule has 0 aromatic heterocycles. The van der Waals surface area contributed by atoms with Gasteiger partial charge in [0.1, 0.15) is 5.82 Å². The van der Waals surface area contributed by atoms with Crippen LogP contribution in [0.15, 0.2) is 24.3 Å². The molecule has 2 aliphatic heterocycles. The smallest absolute Gasteiger partial charge is 0.225 e. The highest BCUT2D eigenvalue weighted by Gasteiger charge is 2.51. The summed E-state index contributed by atoms with van der Waals surface area (Å²) in [6.45, 7) is 3.76. The summed E-state index contributed by atoms with van der Waals surface area (Å²) in [5.74, 6) is 0.519. The molecule has 0 unspecified atom stereocenters. The molecule has 1 aromatic carbocycles. The third-order valence-corrected chi connectivity index (χ3v) is 5.38. The van der Waals surface area contributed by atoms with Gasteiger partial charge in [-0.05, 0) is 43.4 Å². The summed E-state index contributed by atoms with van der Waals surface area (Å²) in [6.07, 6.45) is 4.44. The van der Waals surface area contributed by atoms with Crippen molar-refractivity contribution >= 4 is 5.91 Å². The molecule has 4 rings (SSSR count). The molecule has 3 fully saturated rings. The molecule has 2 saturated heterocycles. The fraction of sp³-hybridized carbons (Fsp3) is 0.588. The Morgan fingerprint density at radius 1 is 1.19 bits per heavy atom. The molecule has 0 N–H and O–H groups in total.